The smallest absolute Gasteiger partial charge is 0.320 e. The monoisotopic (exact) mass is 374 g/mol. The van der Waals surface area contributed by atoms with Gasteiger partial charge in [0.15, 0.2) is 0 Å². The third-order valence-electron chi connectivity index (χ3n) is 4.02. The maximum absolute atomic E-state index is 12.3. The molecule has 0 fully saturated rings. The van der Waals surface area contributed by atoms with E-state index in [2.05, 4.69) is 0 Å². The number of aliphatic carboxylic acids is 2. The molecule has 1 unspecified atom stereocenters. The van der Waals surface area contributed by atoms with E-state index < -0.39 is 18.0 Å². The van der Waals surface area contributed by atoms with Crippen LogP contribution in [0.5, 0.6) is 0 Å². The average molecular weight is 374 g/mol. The molecule has 1 aromatic heterocycles. The number of rotatable bonds is 7. The summed E-state index contributed by atoms with van der Waals surface area (Å²) >= 11 is 0. The minimum atomic E-state index is -0.910. The Bertz CT molecular complexity index is 793. The molecule has 0 bridgehead atoms. The summed E-state index contributed by atoms with van der Waals surface area (Å²) in [7, 11) is 1.71. The summed E-state index contributed by atoms with van der Waals surface area (Å²) in [4.78, 5) is 33.0. The quantitative estimate of drug-likeness (QED) is 0.640. The van der Waals surface area contributed by atoms with Crippen LogP contribution in [0, 0.1) is 6.92 Å². The van der Waals surface area contributed by atoms with E-state index in [1.807, 2.05) is 26.0 Å². The van der Waals surface area contributed by atoms with E-state index in [1.165, 1.54) is 0 Å². The first-order valence-electron chi connectivity index (χ1n) is 8.63. The standard InChI is InChI=1S/C15H15NO3.C5H11NO2/c1-10-3-5-11(6-4-10)15(19)13-8-7-12(16(13)2)9-14(17)18;1-2-3-4(6)5(7)8/h3-8H,9H2,1-2H3,(H,17,18);4H,2-3,6H2,1H3,(H,7,8). The molecule has 7 heteroatoms. The van der Waals surface area contributed by atoms with Crippen molar-refractivity contribution in [2.45, 2.75) is 39.2 Å². The highest BCUT2D eigenvalue weighted by Crippen LogP contribution is 2.14. The Morgan fingerprint density at radius 1 is 1.07 bits per heavy atom. The molecule has 146 valence electrons. The van der Waals surface area contributed by atoms with Crippen molar-refractivity contribution in [2.24, 2.45) is 12.8 Å². The van der Waals surface area contributed by atoms with Crippen LogP contribution in [0.4, 0.5) is 0 Å². The van der Waals surface area contributed by atoms with Gasteiger partial charge in [-0.25, -0.2) is 0 Å². The Morgan fingerprint density at radius 3 is 2.11 bits per heavy atom. The summed E-state index contributed by atoms with van der Waals surface area (Å²) in [5, 5.41) is 17.0. The van der Waals surface area contributed by atoms with Gasteiger partial charge in [-0.1, -0.05) is 43.2 Å². The van der Waals surface area contributed by atoms with Crippen LogP contribution in [0.25, 0.3) is 0 Å². The maximum atomic E-state index is 12.3. The van der Waals surface area contributed by atoms with Crippen LogP contribution in [0.1, 0.15) is 47.1 Å². The number of nitrogens with two attached hydrogens (primary N) is 1. The highest BCUT2D eigenvalue weighted by molar-refractivity contribution is 6.08. The van der Waals surface area contributed by atoms with Crippen molar-refractivity contribution in [1.29, 1.82) is 0 Å². The van der Waals surface area contributed by atoms with Crippen LogP contribution < -0.4 is 5.73 Å². The molecule has 1 atom stereocenters. The van der Waals surface area contributed by atoms with E-state index in [0.717, 1.165) is 12.0 Å². The number of hydrogen-bond donors (Lipinski definition) is 3. The average Bonchev–Trinajstić information content (AvgIpc) is 2.96. The molecule has 0 amide bonds. The van der Waals surface area contributed by atoms with Gasteiger partial charge in [0.1, 0.15) is 6.04 Å². The summed E-state index contributed by atoms with van der Waals surface area (Å²) in [6.45, 7) is 3.87. The number of carbonyl (C=O) groups is 3. The topological polar surface area (TPSA) is 123 Å². The van der Waals surface area contributed by atoms with Crippen LogP contribution in [-0.2, 0) is 23.1 Å². The van der Waals surface area contributed by atoms with E-state index in [0.29, 0.717) is 23.4 Å². The zero-order valence-electron chi connectivity index (χ0n) is 15.8. The van der Waals surface area contributed by atoms with Crippen molar-refractivity contribution >= 4 is 17.7 Å². The highest BCUT2D eigenvalue weighted by atomic mass is 16.4. The van der Waals surface area contributed by atoms with Crippen molar-refractivity contribution in [3.63, 3.8) is 0 Å². The Balaban J connectivity index is 0.000000387. The lowest BCUT2D eigenvalue weighted by atomic mass is 10.1. The molecule has 0 saturated carbocycles. The van der Waals surface area contributed by atoms with Crippen molar-refractivity contribution in [3.05, 3.63) is 58.9 Å². The van der Waals surface area contributed by atoms with Crippen LogP contribution >= 0.6 is 0 Å². The van der Waals surface area contributed by atoms with Gasteiger partial charge in [0.25, 0.3) is 0 Å². The Morgan fingerprint density at radius 2 is 1.67 bits per heavy atom. The van der Waals surface area contributed by atoms with E-state index in [-0.39, 0.29) is 12.2 Å². The molecule has 4 N–H and O–H groups in total. The normalized spacial score (nSPS) is 11.3. The van der Waals surface area contributed by atoms with Gasteiger partial charge in [-0.05, 0) is 25.5 Å². The number of carboxylic acid groups (broad SMARTS) is 2. The molecule has 0 radical (unpaired) electrons. The number of hydrogen-bond acceptors (Lipinski definition) is 4. The molecule has 0 aliphatic heterocycles. The van der Waals surface area contributed by atoms with Crippen molar-refractivity contribution in [2.75, 3.05) is 0 Å². The summed E-state index contributed by atoms with van der Waals surface area (Å²) in [6.07, 6.45) is 1.31. The van der Waals surface area contributed by atoms with Crippen molar-refractivity contribution < 1.29 is 24.6 Å². The van der Waals surface area contributed by atoms with E-state index in [4.69, 9.17) is 15.9 Å². The fourth-order valence-electron chi connectivity index (χ4n) is 2.40. The van der Waals surface area contributed by atoms with Crippen molar-refractivity contribution in [1.82, 2.24) is 4.57 Å². The SMILES string of the molecule is CCCC(N)C(=O)O.Cc1ccc(C(=O)c2ccc(CC(=O)O)n2C)cc1. The summed E-state index contributed by atoms with van der Waals surface area (Å²) < 4.78 is 1.64. The first-order valence-corrected chi connectivity index (χ1v) is 8.63. The number of nitrogens with zero attached hydrogens (tertiary/aromatic N) is 1. The van der Waals surface area contributed by atoms with Gasteiger partial charge in [0.05, 0.1) is 12.1 Å². The molecular weight excluding hydrogens is 348 g/mol. The molecule has 1 heterocycles. The number of aryl methyl sites for hydroxylation is 1. The fraction of sp³-hybridized carbons (Fsp3) is 0.350. The van der Waals surface area contributed by atoms with Gasteiger partial charge in [-0.2, -0.15) is 0 Å². The number of aromatic nitrogens is 1. The fourth-order valence-corrected chi connectivity index (χ4v) is 2.40. The van der Waals surface area contributed by atoms with E-state index in [9.17, 15) is 14.4 Å². The lowest BCUT2D eigenvalue weighted by Gasteiger charge is -2.06. The Kier molecular flexibility index (Phi) is 8.41. The predicted molar refractivity (Wildman–Crippen MR) is 102 cm³/mol. The second-order valence-electron chi connectivity index (χ2n) is 6.27. The highest BCUT2D eigenvalue weighted by Gasteiger charge is 2.15. The molecule has 2 rings (SSSR count). The molecule has 27 heavy (non-hydrogen) atoms. The number of carbonyl (C=O) groups excluding carboxylic acids is 1. The lowest BCUT2D eigenvalue weighted by Crippen LogP contribution is -2.29. The van der Waals surface area contributed by atoms with Crippen LogP contribution in [0.15, 0.2) is 36.4 Å². The van der Waals surface area contributed by atoms with Gasteiger partial charge in [0, 0.05) is 18.3 Å². The van der Waals surface area contributed by atoms with Crippen molar-refractivity contribution in [3.8, 4) is 0 Å². The van der Waals surface area contributed by atoms with Gasteiger partial charge >= 0.3 is 11.9 Å². The van der Waals surface area contributed by atoms with E-state index in [1.54, 1.807) is 35.9 Å². The minimum absolute atomic E-state index is 0.0856. The third kappa shape index (κ3) is 6.71. The second-order valence-corrected chi connectivity index (χ2v) is 6.27. The largest absolute Gasteiger partial charge is 0.481 e. The number of carboxylic acids is 2. The van der Waals surface area contributed by atoms with Crippen LogP contribution in [0.3, 0.4) is 0 Å². The molecule has 0 spiro atoms. The van der Waals surface area contributed by atoms with Gasteiger partial charge < -0.3 is 20.5 Å². The number of benzene rings is 1. The van der Waals surface area contributed by atoms with E-state index >= 15 is 0 Å². The molecule has 0 saturated heterocycles. The van der Waals surface area contributed by atoms with Crippen LogP contribution in [0.2, 0.25) is 0 Å². The summed E-state index contributed by atoms with van der Waals surface area (Å²) in [5.41, 5.74) is 7.94. The molecule has 0 aliphatic carbocycles. The van der Waals surface area contributed by atoms with Gasteiger partial charge in [-0.3, -0.25) is 14.4 Å². The van der Waals surface area contributed by atoms with Gasteiger partial charge in [0.2, 0.25) is 5.78 Å². The summed E-state index contributed by atoms with van der Waals surface area (Å²) in [6, 6.07) is 10.0. The molecule has 1 aromatic carbocycles. The first kappa shape index (κ1) is 22.1. The molecule has 7 nitrogen and oxygen atoms in total. The Labute approximate surface area is 158 Å². The minimum Gasteiger partial charge on any atom is -0.481 e. The summed E-state index contributed by atoms with van der Waals surface area (Å²) in [5.74, 6) is -1.92. The Hall–Kier alpha value is -2.93. The lowest BCUT2D eigenvalue weighted by molar-refractivity contribution is -0.139. The van der Waals surface area contributed by atoms with Gasteiger partial charge in [-0.15, -0.1) is 0 Å². The predicted octanol–water partition coefficient (Wildman–Crippen LogP) is 2.39. The molecule has 0 aliphatic rings. The molecule has 2 aromatic rings. The zero-order valence-corrected chi connectivity index (χ0v) is 15.8. The second kappa shape index (κ2) is 10.3. The first-order chi connectivity index (χ1) is 12.7. The zero-order chi connectivity index (χ0) is 20.6. The maximum Gasteiger partial charge on any atom is 0.320 e. The van der Waals surface area contributed by atoms with Crippen LogP contribution in [-0.4, -0.2) is 38.5 Å². The third-order valence-corrected chi connectivity index (χ3v) is 4.02. The molecular formula is C20H26N2O5. The number of ketones is 1.